The summed E-state index contributed by atoms with van der Waals surface area (Å²) in [5.74, 6) is 1.29. The molecular weight excluding hydrogens is 362 g/mol. The van der Waals surface area contributed by atoms with Crippen LogP contribution in [0.15, 0.2) is 65.1 Å². The van der Waals surface area contributed by atoms with Crippen LogP contribution in [0.1, 0.15) is 35.5 Å². The maximum atomic E-state index is 12.3. The zero-order chi connectivity index (χ0) is 19.2. The Balaban J connectivity index is 1.55. The third kappa shape index (κ3) is 5.46. The van der Waals surface area contributed by atoms with Gasteiger partial charge in [-0.05, 0) is 67.9 Å². The van der Waals surface area contributed by atoms with Gasteiger partial charge < -0.3 is 14.5 Å². The quantitative estimate of drug-likeness (QED) is 0.589. The van der Waals surface area contributed by atoms with E-state index in [0.29, 0.717) is 29.5 Å². The van der Waals surface area contributed by atoms with Crippen LogP contribution in [0.2, 0.25) is 5.02 Å². The van der Waals surface area contributed by atoms with Crippen LogP contribution in [-0.2, 0) is 17.9 Å². The molecule has 3 rings (SSSR count). The van der Waals surface area contributed by atoms with E-state index in [-0.39, 0.29) is 12.0 Å². The summed E-state index contributed by atoms with van der Waals surface area (Å²) in [6, 6.07) is 18.6. The highest BCUT2D eigenvalue weighted by molar-refractivity contribution is 6.30. The molecule has 0 radical (unpaired) electrons. The molecule has 0 aliphatic rings. The lowest BCUT2D eigenvalue weighted by Crippen LogP contribution is -2.22. The molecule has 0 aliphatic carbocycles. The number of benzene rings is 2. The van der Waals surface area contributed by atoms with Crippen molar-refractivity contribution in [3.05, 3.63) is 82.6 Å². The topological polar surface area (TPSA) is 51.5 Å². The molecule has 0 unspecified atom stereocenters. The molecule has 0 fully saturated rings. The van der Waals surface area contributed by atoms with Gasteiger partial charge >= 0.3 is 0 Å². The average molecular weight is 384 g/mol. The highest BCUT2D eigenvalue weighted by Crippen LogP contribution is 2.23. The van der Waals surface area contributed by atoms with Gasteiger partial charge in [0.15, 0.2) is 0 Å². The summed E-state index contributed by atoms with van der Waals surface area (Å²) in [6.45, 7) is 4.85. The Morgan fingerprint density at radius 1 is 1.04 bits per heavy atom. The zero-order valence-electron chi connectivity index (χ0n) is 15.4. The average Bonchev–Trinajstić information content (AvgIpc) is 3.14. The van der Waals surface area contributed by atoms with Crippen molar-refractivity contribution < 1.29 is 13.9 Å². The number of furan rings is 1. The molecule has 0 atom stereocenters. The molecule has 140 valence electrons. The molecule has 0 spiro atoms. The van der Waals surface area contributed by atoms with E-state index in [0.717, 1.165) is 16.9 Å². The van der Waals surface area contributed by atoms with Crippen LogP contribution < -0.4 is 5.32 Å². The minimum atomic E-state index is -0.143. The van der Waals surface area contributed by atoms with E-state index in [1.54, 1.807) is 12.1 Å². The summed E-state index contributed by atoms with van der Waals surface area (Å²) in [5, 5.41) is 3.55. The van der Waals surface area contributed by atoms with Crippen molar-refractivity contribution in [1.82, 2.24) is 5.32 Å². The molecule has 1 heterocycles. The monoisotopic (exact) mass is 383 g/mol. The van der Waals surface area contributed by atoms with Gasteiger partial charge in [0.1, 0.15) is 11.5 Å². The molecule has 1 amide bonds. The fourth-order valence-electron chi connectivity index (χ4n) is 2.53. The molecule has 2 aromatic carbocycles. The van der Waals surface area contributed by atoms with Gasteiger partial charge in [-0.25, -0.2) is 0 Å². The summed E-state index contributed by atoms with van der Waals surface area (Å²) in [6.07, 6.45) is 0.180. The largest absolute Gasteiger partial charge is 0.459 e. The Morgan fingerprint density at radius 2 is 1.74 bits per heavy atom. The molecule has 5 heteroatoms. The SMILES string of the molecule is CC(C)OCc1ccc(C(=O)NCc2ccc(-c3ccc(Cl)cc3)o2)cc1. The van der Waals surface area contributed by atoms with Gasteiger partial charge in [-0.2, -0.15) is 0 Å². The lowest BCUT2D eigenvalue weighted by molar-refractivity contribution is 0.0657. The number of ether oxygens (including phenoxy) is 1. The van der Waals surface area contributed by atoms with Crippen LogP contribution in [-0.4, -0.2) is 12.0 Å². The van der Waals surface area contributed by atoms with E-state index < -0.39 is 0 Å². The van der Waals surface area contributed by atoms with E-state index >= 15 is 0 Å². The third-order valence-corrected chi connectivity index (χ3v) is 4.27. The predicted molar refractivity (Wildman–Crippen MR) is 107 cm³/mol. The lowest BCUT2D eigenvalue weighted by atomic mass is 10.1. The molecular formula is C22H22ClNO3. The van der Waals surface area contributed by atoms with E-state index in [4.69, 9.17) is 20.8 Å². The Kier molecular flexibility index (Phi) is 6.32. The normalized spacial score (nSPS) is 11.0. The molecule has 0 saturated heterocycles. The number of hydrogen-bond donors (Lipinski definition) is 1. The molecule has 0 aliphatic heterocycles. The van der Waals surface area contributed by atoms with Gasteiger partial charge in [0.2, 0.25) is 0 Å². The van der Waals surface area contributed by atoms with E-state index in [9.17, 15) is 4.79 Å². The van der Waals surface area contributed by atoms with Gasteiger partial charge in [-0.1, -0.05) is 23.7 Å². The van der Waals surface area contributed by atoms with Crippen LogP contribution in [0.4, 0.5) is 0 Å². The predicted octanol–water partition coefficient (Wildman–Crippen LogP) is 5.46. The van der Waals surface area contributed by atoms with Gasteiger partial charge in [0, 0.05) is 16.1 Å². The first kappa shape index (κ1) is 19.2. The molecule has 27 heavy (non-hydrogen) atoms. The van der Waals surface area contributed by atoms with Crippen molar-refractivity contribution in [2.45, 2.75) is 33.1 Å². The maximum Gasteiger partial charge on any atom is 0.251 e. The van der Waals surface area contributed by atoms with Crippen LogP contribution in [0.3, 0.4) is 0 Å². The fourth-order valence-corrected chi connectivity index (χ4v) is 2.65. The van der Waals surface area contributed by atoms with Gasteiger partial charge in [0.05, 0.1) is 19.3 Å². The van der Waals surface area contributed by atoms with Gasteiger partial charge in [-0.15, -0.1) is 0 Å². The van der Waals surface area contributed by atoms with Crippen LogP contribution >= 0.6 is 11.6 Å². The van der Waals surface area contributed by atoms with Crippen molar-refractivity contribution in [2.75, 3.05) is 0 Å². The van der Waals surface area contributed by atoms with E-state index in [1.165, 1.54) is 0 Å². The smallest absolute Gasteiger partial charge is 0.251 e. The minimum Gasteiger partial charge on any atom is -0.459 e. The lowest BCUT2D eigenvalue weighted by Gasteiger charge is -2.08. The second kappa shape index (κ2) is 8.89. The molecule has 1 N–H and O–H groups in total. The number of rotatable bonds is 7. The molecule has 0 saturated carbocycles. The zero-order valence-corrected chi connectivity index (χ0v) is 16.1. The number of nitrogens with one attached hydrogen (secondary N) is 1. The van der Waals surface area contributed by atoms with E-state index in [1.807, 2.05) is 62.4 Å². The first-order valence-electron chi connectivity index (χ1n) is 8.84. The fraction of sp³-hybridized carbons (Fsp3) is 0.227. The second-order valence-electron chi connectivity index (χ2n) is 6.51. The van der Waals surface area contributed by atoms with E-state index in [2.05, 4.69) is 5.32 Å². The van der Waals surface area contributed by atoms with Crippen molar-refractivity contribution in [1.29, 1.82) is 0 Å². The summed E-state index contributed by atoms with van der Waals surface area (Å²) < 4.78 is 11.4. The van der Waals surface area contributed by atoms with Crippen LogP contribution in [0.25, 0.3) is 11.3 Å². The van der Waals surface area contributed by atoms with Crippen LogP contribution in [0.5, 0.6) is 0 Å². The second-order valence-corrected chi connectivity index (χ2v) is 6.95. The van der Waals surface area contributed by atoms with Crippen molar-refractivity contribution >= 4 is 17.5 Å². The highest BCUT2D eigenvalue weighted by atomic mass is 35.5. The van der Waals surface area contributed by atoms with Crippen molar-refractivity contribution in [3.8, 4) is 11.3 Å². The Bertz CT molecular complexity index is 883. The minimum absolute atomic E-state index is 0.143. The van der Waals surface area contributed by atoms with Crippen molar-refractivity contribution in [3.63, 3.8) is 0 Å². The molecule has 0 bridgehead atoms. The first-order valence-corrected chi connectivity index (χ1v) is 9.22. The third-order valence-electron chi connectivity index (χ3n) is 4.01. The first-order chi connectivity index (χ1) is 13.0. The number of carbonyl (C=O) groups excluding carboxylic acids is 1. The standard InChI is InChI=1S/C22H22ClNO3/c1-15(2)26-14-16-3-5-18(6-4-16)22(25)24-13-20-11-12-21(27-20)17-7-9-19(23)10-8-17/h3-12,15H,13-14H2,1-2H3,(H,24,25). The molecule has 1 aromatic heterocycles. The molecule has 4 nitrogen and oxygen atoms in total. The molecule has 3 aromatic rings. The summed E-state index contributed by atoms with van der Waals surface area (Å²) in [5.41, 5.74) is 2.59. The van der Waals surface area contributed by atoms with Gasteiger partial charge in [-0.3, -0.25) is 4.79 Å². The Hall–Kier alpha value is -2.56. The van der Waals surface area contributed by atoms with Crippen LogP contribution in [0, 0.1) is 0 Å². The summed E-state index contributed by atoms with van der Waals surface area (Å²) in [4.78, 5) is 12.3. The maximum absolute atomic E-state index is 12.3. The summed E-state index contributed by atoms with van der Waals surface area (Å²) in [7, 11) is 0. The number of carbonyl (C=O) groups is 1. The number of amides is 1. The van der Waals surface area contributed by atoms with Gasteiger partial charge in [0.25, 0.3) is 5.91 Å². The highest BCUT2D eigenvalue weighted by Gasteiger charge is 2.09. The number of hydrogen-bond acceptors (Lipinski definition) is 3. The van der Waals surface area contributed by atoms with Crippen molar-refractivity contribution in [2.24, 2.45) is 0 Å². The Morgan fingerprint density at radius 3 is 2.41 bits per heavy atom. The number of halogens is 1. The Labute approximate surface area is 164 Å². The summed E-state index contributed by atoms with van der Waals surface area (Å²) >= 11 is 5.90.